The van der Waals surface area contributed by atoms with Crippen LogP contribution in [0.3, 0.4) is 0 Å². The monoisotopic (exact) mass is 612 g/mol. The van der Waals surface area contributed by atoms with Gasteiger partial charge in [0.15, 0.2) is 0 Å². The Bertz CT molecular complexity index is 1480. The number of aliphatic hydroxyl groups is 1. The molecule has 4 atom stereocenters. The van der Waals surface area contributed by atoms with Crippen LogP contribution in [0.5, 0.6) is 5.75 Å². The number of hydrogen-bond donors (Lipinski definition) is 2. The molecule has 9 heteroatoms. The number of carbonyl (C=O) groups excluding carboxylic acids is 1. The zero-order chi connectivity index (χ0) is 30.1. The highest BCUT2D eigenvalue weighted by Gasteiger charge is 2.49. The quantitative estimate of drug-likeness (QED) is 0.329. The molecule has 1 spiro atoms. The van der Waals surface area contributed by atoms with Crippen LogP contribution in [0.1, 0.15) is 66.9 Å². The summed E-state index contributed by atoms with van der Waals surface area (Å²) in [5.74, 6) is 0.00211. The SMILES string of the molecule is C=CCCS(=O)(=O)NC(=O)c1ccc2c(c1)N(C[C@H]1CC[C@@]1(C)[C@@H](O)CC=C)C[C@@]1(CCCc3cc(Cl)ccc31)CO2. The van der Waals surface area contributed by atoms with Crippen molar-refractivity contribution in [1.82, 2.24) is 4.72 Å². The molecule has 2 N–H and O–H groups in total. The van der Waals surface area contributed by atoms with Crippen molar-refractivity contribution in [2.45, 2.75) is 63.4 Å². The highest BCUT2D eigenvalue weighted by Crippen LogP contribution is 2.52. The minimum atomic E-state index is -3.80. The van der Waals surface area contributed by atoms with Crippen LogP contribution >= 0.6 is 11.6 Å². The summed E-state index contributed by atoms with van der Waals surface area (Å²) in [6.45, 7) is 11.4. The number of nitrogens with one attached hydrogen (secondary N) is 1. The molecule has 2 aromatic carbocycles. The maximum Gasteiger partial charge on any atom is 0.264 e. The van der Waals surface area contributed by atoms with Crippen LogP contribution in [0.2, 0.25) is 5.02 Å². The molecule has 1 saturated carbocycles. The summed E-state index contributed by atoms with van der Waals surface area (Å²) in [6, 6.07) is 11.3. The first-order valence-electron chi connectivity index (χ1n) is 14.8. The summed E-state index contributed by atoms with van der Waals surface area (Å²) in [5.41, 5.74) is 2.96. The molecule has 7 nitrogen and oxygen atoms in total. The third kappa shape index (κ3) is 5.99. The highest BCUT2D eigenvalue weighted by atomic mass is 35.5. The predicted molar refractivity (Wildman–Crippen MR) is 168 cm³/mol. The van der Waals surface area contributed by atoms with Crippen LogP contribution in [-0.4, -0.2) is 51.0 Å². The number of sulfonamides is 1. The van der Waals surface area contributed by atoms with Crippen LogP contribution in [0.4, 0.5) is 5.69 Å². The van der Waals surface area contributed by atoms with Crippen molar-refractivity contribution in [3.05, 3.63) is 83.4 Å². The van der Waals surface area contributed by atoms with E-state index in [2.05, 4.69) is 41.8 Å². The highest BCUT2D eigenvalue weighted by molar-refractivity contribution is 7.90. The molecule has 3 aliphatic rings. The molecule has 5 rings (SSSR count). The Hall–Kier alpha value is -2.81. The van der Waals surface area contributed by atoms with Gasteiger partial charge in [0.1, 0.15) is 5.75 Å². The number of benzene rings is 2. The molecule has 0 aromatic heterocycles. The molecule has 226 valence electrons. The fourth-order valence-corrected chi connectivity index (χ4v) is 8.15. The smallest absolute Gasteiger partial charge is 0.264 e. The molecule has 1 aliphatic heterocycles. The topological polar surface area (TPSA) is 95.9 Å². The van der Waals surface area contributed by atoms with Crippen LogP contribution < -0.4 is 14.4 Å². The maximum atomic E-state index is 13.1. The number of aliphatic hydroxyl groups excluding tert-OH is 1. The van der Waals surface area contributed by atoms with Crippen molar-refractivity contribution in [1.29, 1.82) is 0 Å². The molecule has 1 fully saturated rings. The zero-order valence-corrected chi connectivity index (χ0v) is 25.9. The van der Waals surface area contributed by atoms with Crippen molar-refractivity contribution in [3.63, 3.8) is 0 Å². The van der Waals surface area contributed by atoms with Gasteiger partial charge in [0.25, 0.3) is 5.91 Å². The Morgan fingerprint density at radius 2 is 2.05 bits per heavy atom. The molecule has 1 amide bonds. The number of allylic oxidation sites excluding steroid dienone is 1. The lowest BCUT2D eigenvalue weighted by molar-refractivity contribution is -0.0695. The number of anilines is 1. The van der Waals surface area contributed by atoms with Gasteiger partial charge in [0.05, 0.1) is 24.2 Å². The second-order valence-electron chi connectivity index (χ2n) is 12.4. The Morgan fingerprint density at radius 1 is 1.24 bits per heavy atom. The number of fused-ring (bicyclic) bond motifs is 3. The minimum absolute atomic E-state index is 0.207. The van der Waals surface area contributed by atoms with Gasteiger partial charge in [-0.15, -0.1) is 13.2 Å². The second-order valence-corrected chi connectivity index (χ2v) is 14.7. The van der Waals surface area contributed by atoms with Gasteiger partial charge in [-0.25, -0.2) is 13.1 Å². The summed E-state index contributed by atoms with van der Waals surface area (Å²) in [7, 11) is -3.80. The molecular weight excluding hydrogens is 572 g/mol. The first kappa shape index (κ1) is 30.6. The van der Waals surface area contributed by atoms with Gasteiger partial charge < -0.3 is 14.7 Å². The third-order valence-corrected chi connectivity index (χ3v) is 11.2. The molecule has 0 radical (unpaired) electrons. The maximum absolute atomic E-state index is 13.1. The fraction of sp³-hybridized carbons (Fsp3) is 0.485. The van der Waals surface area contributed by atoms with Crippen LogP contribution in [-0.2, 0) is 21.9 Å². The average molecular weight is 613 g/mol. The van der Waals surface area contributed by atoms with Crippen molar-refractivity contribution in [2.75, 3.05) is 30.3 Å². The lowest BCUT2D eigenvalue weighted by atomic mass is 9.57. The normalized spacial score (nSPS) is 25.7. The van der Waals surface area contributed by atoms with E-state index in [0.717, 1.165) is 42.8 Å². The minimum Gasteiger partial charge on any atom is -0.490 e. The second kappa shape index (κ2) is 12.1. The molecule has 42 heavy (non-hydrogen) atoms. The van der Waals surface area contributed by atoms with E-state index in [4.69, 9.17) is 16.3 Å². The standard InChI is InChI=1S/C33H41ClN2O5S/c1-4-6-17-42(39,40)35-31(38)24-10-13-29-28(19-24)36(20-25-14-16-32(25,3)30(37)8-5-2)21-33(22-41-29)15-7-9-23-18-26(34)11-12-27(23)33/h4-5,10-13,18-19,25,30,37H,1-2,6-9,14-17,20-22H2,3H3,(H,35,38)/t25-,30+,32-,33+/m1/s1. The summed E-state index contributed by atoms with van der Waals surface area (Å²) in [4.78, 5) is 15.4. The lowest BCUT2D eigenvalue weighted by Crippen LogP contribution is -2.53. The third-order valence-electron chi connectivity index (χ3n) is 9.69. The summed E-state index contributed by atoms with van der Waals surface area (Å²) >= 11 is 6.38. The van der Waals surface area contributed by atoms with Gasteiger partial charge in [-0.05, 0) is 97.7 Å². The van der Waals surface area contributed by atoms with E-state index in [-0.39, 0.29) is 34.5 Å². The largest absolute Gasteiger partial charge is 0.490 e. The predicted octanol–water partition coefficient (Wildman–Crippen LogP) is 5.80. The number of aryl methyl sites for hydroxylation is 1. The van der Waals surface area contributed by atoms with Crippen LogP contribution in [0, 0.1) is 11.3 Å². The summed E-state index contributed by atoms with van der Waals surface area (Å²) in [6.07, 6.45) is 8.42. The number of halogens is 1. The van der Waals surface area contributed by atoms with Gasteiger partial charge in [0.2, 0.25) is 10.0 Å². The zero-order valence-electron chi connectivity index (χ0n) is 24.3. The molecule has 2 aliphatic carbocycles. The number of hydrogen-bond acceptors (Lipinski definition) is 6. The van der Waals surface area contributed by atoms with Crippen molar-refractivity contribution in [2.24, 2.45) is 11.3 Å². The van der Waals surface area contributed by atoms with E-state index in [1.165, 1.54) is 17.2 Å². The van der Waals surface area contributed by atoms with Gasteiger partial charge in [0, 0.05) is 29.1 Å². The van der Waals surface area contributed by atoms with Gasteiger partial charge in [-0.2, -0.15) is 0 Å². The Kier molecular flexibility index (Phi) is 8.80. The Morgan fingerprint density at radius 3 is 2.76 bits per heavy atom. The van der Waals surface area contributed by atoms with Crippen LogP contribution in [0.15, 0.2) is 61.7 Å². The first-order chi connectivity index (χ1) is 20.0. The van der Waals surface area contributed by atoms with Crippen molar-refractivity contribution in [3.8, 4) is 5.75 Å². The van der Waals surface area contributed by atoms with E-state index < -0.39 is 22.0 Å². The number of nitrogens with zero attached hydrogens (tertiary/aromatic N) is 1. The van der Waals surface area contributed by atoms with E-state index >= 15 is 0 Å². The lowest BCUT2D eigenvalue weighted by Gasteiger charge is -2.52. The first-order valence-corrected chi connectivity index (χ1v) is 16.8. The average Bonchev–Trinajstić information content (AvgIpc) is 3.10. The van der Waals surface area contributed by atoms with Gasteiger partial charge in [-0.1, -0.05) is 36.7 Å². The van der Waals surface area contributed by atoms with E-state index in [9.17, 15) is 18.3 Å². The number of amides is 1. The van der Waals surface area contributed by atoms with Crippen molar-refractivity contribution >= 4 is 33.2 Å². The number of carbonyl (C=O) groups is 1. The van der Waals surface area contributed by atoms with E-state index in [1.807, 2.05) is 6.07 Å². The molecule has 0 unspecified atom stereocenters. The molecule has 2 aromatic rings. The van der Waals surface area contributed by atoms with E-state index in [0.29, 0.717) is 31.9 Å². The Labute approximate surface area is 254 Å². The Balaban J connectivity index is 1.52. The molecular formula is C33H41ClN2O5S. The summed E-state index contributed by atoms with van der Waals surface area (Å²) < 4.78 is 33.6. The fourth-order valence-electron chi connectivity index (χ4n) is 6.98. The molecule has 1 heterocycles. The number of rotatable bonds is 10. The van der Waals surface area contributed by atoms with Gasteiger partial charge >= 0.3 is 0 Å². The molecule has 0 saturated heterocycles. The van der Waals surface area contributed by atoms with Crippen LogP contribution in [0.25, 0.3) is 0 Å². The number of ether oxygens (including phenoxy) is 1. The molecule has 0 bridgehead atoms. The summed E-state index contributed by atoms with van der Waals surface area (Å²) in [5, 5.41) is 11.7. The van der Waals surface area contributed by atoms with Gasteiger partial charge in [-0.3, -0.25) is 4.79 Å². The van der Waals surface area contributed by atoms with Crippen molar-refractivity contribution < 1.29 is 23.1 Å². The van der Waals surface area contributed by atoms with E-state index in [1.54, 1.807) is 24.3 Å².